The summed E-state index contributed by atoms with van der Waals surface area (Å²) in [6.45, 7) is 5.95. The Hall–Kier alpha value is -0.820. The van der Waals surface area contributed by atoms with E-state index < -0.39 is 0 Å². The number of nitrogens with one attached hydrogen (secondary N) is 1. The molecule has 4 nitrogen and oxygen atoms in total. The van der Waals surface area contributed by atoms with Gasteiger partial charge in [-0.25, -0.2) is 0 Å². The van der Waals surface area contributed by atoms with Gasteiger partial charge in [0.05, 0.1) is 11.4 Å². The molecule has 0 unspecified atom stereocenters. The van der Waals surface area contributed by atoms with Crippen LogP contribution in [-0.4, -0.2) is 62.0 Å². The first-order chi connectivity index (χ1) is 12.5. The molecule has 1 aliphatic heterocycles. The van der Waals surface area contributed by atoms with Crippen LogP contribution in [0.5, 0.6) is 0 Å². The molecule has 1 fully saturated rings. The highest BCUT2D eigenvalue weighted by Gasteiger charge is 2.14. The Labute approximate surface area is 180 Å². The smallest absolute Gasteiger partial charge is 0.225 e. The van der Waals surface area contributed by atoms with Crippen molar-refractivity contribution in [2.45, 2.75) is 6.42 Å². The lowest BCUT2D eigenvalue weighted by atomic mass is 10.2. The fraction of sp³-hybridized carbons (Fsp3) is 0.421. The number of thiophene rings is 1. The maximum absolute atomic E-state index is 12.2. The number of amides is 1. The highest BCUT2D eigenvalue weighted by atomic mass is 35.5. The van der Waals surface area contributed by atoms with E-state index in [1.807, 2.05) is 24.3 Å². The van der Waals surface area contributed by atoms with Crippen molar-refractivity contribution < 1.29 is 4.79 Å². The minimum atomic E-state index is 0. The molecule has 2 aromatic rings. The van der Waals surface area contributed by atoms with Crippen LogP contribution in [0.4, 0.5) is 0 Å². The zero-order chi connectivity index (χ0) is 18.5. The number of carbonyl (C=O) groups excluding carboxylic acids is 1. The number of rotatable bonds is 6. The van der Waals surface area contributed by atoms with Crippen LogP contribution in [0.3, 0.4) is 0 Å². The summed E-state index contributed by atoms with van der Waals surface area (Å²) in [5.41, 5.74) is 0.947. The topological polar surface area (TPSA) is 35.6 Å². The Bertz CT molecular complexity index is 760. The highest BCUT2D eigenvalue weighted by Crippen LogP contribution is 2.35. The lowest BCUT2D eigenvalue weighted by molar-refractivity contribution is -0.120. The average molecular weight is 449 g/mol. The summed E-state index contributed by atoms with van der Waals surface area (Å²) in [7, 11) is 2.14. The SMILES string of the molecule is CN1CCN(CCNC(=O)Cc2ccc(-c3ccc(Cl)cc3Cl)s2)CC1.Cl. The first-order valence-corrected chi connectivity index (χ1v) is 10.3. The monoisotopic (exact) mass is 447 g/mol. The van der Waals surface area contributed by atoms with Gasteiger partial charge in [-0.15, -0.1) is 23.7 Å². The molecule has 1 aromatic carbocycles. The second-order valence-electron chi connectivity index (χ2n) is 6.56. The van der Waals surface area contributed by atoms with E-state index in [0.29, 0.717) is 23.0 Å². The van der Waals surface area contributed by atoms with E-state index >= 15 is 0 Å². The third-order valence-electron chi connectivity index (χ3n) is 4.54. The van der Waals surface area contributed by atoms with Crippen molar-refractivity contribution in [3.8, 4) is 10.4 Å². The minimum absolute atomic E-state index is 0. The first kappa shape index (κ1) is 22.5. The molecule has 2 heterocycles. The van der Waals surface area contributed by atoms with E-state index in [1.165, 1.54) is 0 Å². The predicted molar refractivity (Wildman–Crippen MR) is 118 cm³/mol. The Kier molecular flexibility index (Phi) is 8.86. The molecule has 0 radical (unpaired) electrons. The normalized spacial score (nSPS) is 15.4. The number of halogens is 3. The Morgan fingerprint density at radius 1 is 1.15 bits per heavy atom. The molecule has 8 heteroatoms. The Morgan fingerprint density at radius 3 is 2.59 bits per heavy atom. The van der Waals surface area contributed by atoms with Crippen molar-refractivity contribution >= 4 is 52.9 Å². The van der Waals surface area contributed by atoms with Gasteiger partial charge in [0.1, 0.15) is 0 Å². The van der Waals surface area contributed by atoms with E-state index in [1.54, 1.807) is 17.4 Å². The van der Waals surface area contributed by atoms with Crippen molar-refractivity contribution in [2.24, 2.45) is 0 Å². The highest BCUT2D eigenvalue weighted by molar-refractivity contribution is 7.15. The van der Waals surface area contributed by atoms with E-state index in [9.17, 15) is 4.79 Å². The van der Waals surface area contributed by atoms with Gasteiger partial charge in [-0.05, 0) is 31.3 Å². The van der Waals surface area contributed by atoms with E-state index in [-0.39, 0.29) is 18.3 Å². The summed E-state index contributed by atoms with van der Waals surface area (Å²) in [6.07, 6.45) is 0.401. The molecule has 1 amide bonds. The number of piperazine rings is 1. The lowest BCUT2D eigenvalue weighted by Crippen LogP contribution is -2.47. The van der Waals surface area contributed by atoms with Crippen LogP contribution in [0.2, 0.25) is 10.0 Å². The van der Waals surface area contributed by atoms with Crippen LogP contribution in [-0.2, 0) is 11.2 Å². The van der Waals surface area contributed by atoms with Crippen LogP contribution in [0.15, 0.2) is 30.3 Å². The molecule has 0 aliphatic carbocycles. The summed E-state index contributed by atoms with van der Waals surface area (Å²) < 4.78 is 0. The number of hydrogen-bond donors (Lipinski definition) is 1. The van der Waals surface area contributed by atoms with Gasteiger partial charge >= 0.3 is 0 Å². The third-order valence-corrected chi connectivity index (χ3v) is 6.21. The fourth-order valence-electron chi connectivity index (χ4n) is 2.95. The second kappa shape index (κ2) is 10.6. The van der Waals surface area contributed by atoms with Gasteiger partial charge in [-0.2, -0.15) is 0 Å². The first-order valence-electron chi connectivity index (χ1n) is 8.73. The maximum atomic E-state index is 12.2. The van der Waals surface area contributed by atoms with Gasteiger partial charge in [0.15, 0.2) is 0 Å². The van der Waals surface area contributed by atoms with Crippen LogP contribution in [0.25, 0.3) is 10.4 Å². The number of hydrogen-bond acceptors (Lipinski definition) is 4. The van der Waals surface area contributed by atoms with Crippen molar-refractivity contribution in [3.05, 3.63) is 45.3 Å². The number of carbonyl (C=O) groups is 1. The van der Waals surface area contributed by atoms with Crippen molar-refractivity contribution in [3.63, 3.8) is 0 Å². The lowest BCUT2D eigenvalue weighted by Gasteiger charge is -2.32. The molecule has 0 atom stereocenters. The quantitative estimate of drug-likeness (QED) is 0.724. The van der Waals surface area contributed by atoms with Crippen LogP contribution >= 0.6 is 46.9 Å². The Balaban J connectivity index is 0.00000261. The summed E-state index contributed by atoms with van der Waals surface area (Å²) in [6, 6.07) is 9.48. The summed E-state index contributed by atoms with van der Waals surface area (Å²) in [5.74, 6) is 0.0646. The largest absolute Gasteiger partial charge is 0.355 e. The predicted octanol–water partition coefficient (Wildman–Crippen LogP) is 4.05. The van der Waals surface area contributed by atoms with Crippen LogP contribution in [0, 0.1) is 0 Å². The number of benzene rings is 1. The summed E-state index contributed by atoms with van der Waals surface area (Å²) in [4.78, 5) is 19.0. The van der Waals surface area contributed by atoms with Gasteiger partial charge in [-0.1, -0.05) is 29.3 Å². The molecule has 0 saturated carbocycles. The summed E-state index contributed by atoms with van der Waals surface area (Å²) in [5, 5.41) is 4.27. The van der Waals surface area contributed by atoms with Gasteiger partial charge in [-0.3, -0.25) is 9.69 Å². The molecule has 1 saturated heterocycles. The molecular formula is C19H24Cl3N3OS. The molecule has 0 bridgehead atoms. The van der Waals surface area contributed by atoms with Gasteiger partial charge in [0, 0.05) is 59.6 Å². The third kappa shape index (κ3) is 6.63. The summed E-state index contributed by atoms with van der Waals surface area (Å²) >= 11 is 13.8. The van der Waals surface area contributed by atoms with Gasteiger partial charge in [0.2, 0.25) is 5.91 Å². The number of likely N-dealkylation sites (N-methyl/N-ethyl adjacent to an activating group) is 1. The van der Waals surface area contributed by atoms with Crippen molar-refractivity contribution in [2.75, 3.05) is 46.3 Å². The van der Waals surface area contributed by atoms with Gasteiger partial charge < -0.3 is 10.2 Å². The number of nitrogens with zero attached hydrogens (tertiary/aromatic N) is 2. The molecule has 148 valence electrons. The standard InChI is InChI=1S/C19H23Cl2N3OS.ClH/c1-23-8-10-24(11-9-23)7-6-22-19(25)13-15-3-5-18(26-15)16-4-2-14(20)12-17(16)21;/h2-5,12H,6-11,13H2,1H3,(H,22,25);1H. The van der Waals surface area contributed by atoms with Crippen LogP contribution in [0.1, 0.15) is 4.88 Å². The Morgan fingerprint density at radius 2 is 1.89 bits per heavy atom. The van der Waals surface area contributed by atoms with Crippen molar-refractivity contribution in [1.29, 1.82) is 0 Å². The molecule has 3 rings (SSSR count). The van der Waals surface area contributed by atoms with Gasteiger partial charge in [0.25, 0.3) is 0 Å². The van der Waals surface area contributed by atoms with Crippen molar-refractivity contribution in [1.82, 2.24) is 15.1 Å². The molecule has 27 heavy (non-hydrogen) atoms. The minimum Gasteiger partial charge on any atom is -0.355 e. The zero-order valence-electron chi connectivity index (χ0n) is 15.2. The molecule has 1 aromatic heterocycles. The molecule has 1 aliphatic rings. The average Bonchev–Trinajstić information content (AvgIpc) is 3.04. The van der Waals surface area contributed by atoms with Crippen LogP contribution < -0.4 is 5.32 Å². The molecule has 0 spiro atoms. The maximum Gasteiger partial charge on any atom is 0.225 e. The zero-order valence-corrected chi connectivity index (χ0v) is 18.4. The van der Waals surface area contributed by atoms with E-state index in [0.717, 1.165) is 48.0 Å². The van der Waals surface area contributed by atoms with E-state index in [4.69, 9.17) is 23.2 Å². The molecular weight excluding hydrogens is 425 g/mol. The van der Waals surface area contributed by atoms with E-state index in [2.05, 4.69) is 22.2 Å². The fourth-order valence-corrected chi connectivity index (χ4v) is 4.56. The molecule has 1 N–H and O–H groups in total. The second-order valence-corrected chi connectivity index (χ2v) is 8.57.